The minimum absolute atomic E-state index is 0.0138. The Labute approximate surface area is 112 Å². The molecule has 0 heterocycles. The second-order valence-corrected chi connectivity index (χ2v) is 4.20. The van der Waals surface area contributed by atoms with Crippen LogP contribution < -0.4 is 0 Å². The molecule has 0 unspecified atom stereocenters. The van der Waals surface area contributed by atoms with Crippen LogP contribution in [0, 0.1) is 17.5 Å². The zero-order chi connectivity index (χ0) is 14.9. The Morgan fingerprint density at radius 2 is 1.35 bits per heavy atom. The van der Waals surface area contributed by atoms with Crippen LogP contribution in [0.4, 0.5) is 13.2 Å². The van der Waals surface area contributed by atoms with Crippen molar-refractivity contribution in [3.05, 3.63) is 70.5 Å². The molecule has 0 aliphatic rings. The van der Waals surface area contributed by atoms with E-state index >= 15 is 0 Å². The van der Waals surface area contributed by atoms with Gasteiger partial charge >= 0.3 is 0 Å². The molecule has 20 heavy (non-hydrogen) atoms. The lowest BCUT2D eigenvalue weighted by molar-refractivity contribution is 0.0988. The highest BCUT2D eigenvalue weighted by Gasteiger charge is 2.20. The Bertz CT molecular complexity index is 708. The quantitative estimate of drug-likeness (QED) is 0.805. The number of Topliss-reactive ketones (excluding diaryl/α,β-unsaturated/α-hetero) is 1. The fourth-order valence-electron chi connectivity index (χ4n) is 1.83. The van der Waals surface area contributed by atoms with Gasteiger partial charge in [-0.15, -0.1) is 0 Å². The molecule has 0 aromatic heterocycles. The predicted octanol–water partition coefficient (Wildman–Crippen LogP) is 3.54. The van der Waals surface area contributed by atoms with Crippen LogP contribution in [0.3, 0.4) is 0 Å². The molecule has 0 N–H and O–H groups in total. The van der Waals surface area contributed by atoms with E-state index in [1.807, 2.05) is 0 Å². The molecule has 0 saturated heterocycles. The number of rotatable bonds is 3. The van der Waals surface area contributed by atoms with Crippen LogP contribution >= 0.6 is 0 Å². The third-order valence-corrected chi connectivity index (χ3v) is 2.78. The van der Waals surface area contributed by atoms with E-state index in [4.69, 9.17) is 0 Å². The Balaban J connectivity index is 2.58. The molecule has 102 valence electrons. The second kappa shape index (κ2) is 5.28. The maximum atomic E-state index is 13.6. The van der Waals surface area contributed by atoms with Crippen molar-refractivity contribution >= 4 is 11.6 Å². The van der Waals surface area contributed by atoms with E-state index in [-0.39, 0.29) is 11.1 Å². The molecule has 0 atom stereocenters. The van der Waals surface area contributed by atoms with E-state index in [2.05, 4.69) is 0 Å². The van der Waals surface area contributed by atoms with Crippen molar-refractivity contribution in [1.29, 1.82) is 0 Å². The molecule has 0 saturated carbocycles. The van der Waals surface area contributed by atoms with Crippen molar-refractivity contribution in [3.63, 3.8) is 0 Å². The lowest BCUT2D eigenvalue weighted by atomic mass is 9.96. The van der Waals surface area contributed by atoms with Crippen LogP contribution in [0.5, 0.6) is 0 Å². The van der Waals surface area contributed by atoms with Gasteiger partial charge in [-0.1, -0.05) is 0 Å². The number of hydrogen-bond donors (Lipinski definition) is 0. The first-order chi connectivity index (χ1) is 9.40. The summed E-state index contributed by atoms with van der Waals surface area (Å²) in [6.07, 6.45) is 0. The number of benzene rings is 2. The fraction of sp³-hybridized carbons (Fsp3) is 0.0667. The Kier molecular flexibility index (Phi) is 3.70. The molecule has 2 rings (SSSR count). The monoisotopic (exact) mass is 278 g/mol. The maximum Gasteiger partial charge on any atom is 0.196 e. The van der Waals surface area contributed by atoms with Crippen molar-refractivity contribution in [2.24, 2.45) is 0 Å². The summed E-state index contributed by atoms with van der Waals surface area (Å²) in [5.74, 6) is -3.93. The van der Waals surface area contributed by atoms with Gasteiger partial charge in [0.05, 0.1) is 5.56 Å². The van der Waals surface area contributed by atoms with E-state index < -0.39 is 34.6 Å². The van der Waals surface area contributed by atoms with Crippen LogP contribution in [-0.4, -0.2) is 11.6 Å². The highest BCUT2D eigenvalue weighted by molar-refractivity contribution is 6.15. The summed E-state index contributed by atoms with van der Waals surface area (Å²) >= 11 is 0. The van der Waals surface area contributed by atoms with Crippen molar-refractivity contribution in [2.75, 3.05) is 0 Å². The molecule has 0 aliphatic carbocycles. The topological polar surface area (TPSA) is 34.1 Å². The summed E-state index contributed by atoms with van der Waals surface area (Å²) in [7, 11) is 0. The van der Waals surface area contributed by atoms with E-state index in [9.17, 15) is 22.8 Å². The fourth-order valence-corrected chi connectivity index (χ4v) is 1.83. The molecule has 0 fully saturated rings. The third kappa shape index (κ3) is 2.61. The van der Waals surface area contributed by atoms with Gasteiger partial charge in [0, 0.05) is 17.2 Å². The zero-order valence-corrected chi connectivity index (χ0v) is 10.4. The zero-order valence-electron chi connectivity index (χ0n) is 10.4. The molecular formula is C15H9F3O2. The molecule has 0 spiro atoms. The van der Waals surface area contributed by atoms with Gasteiger partial charge in [0.1, 0.15) is 17.5 Å². The molecule has 5 heteroatoms. The lowest BCUT2D eigenvalue weighted by Crippen LogP contribution is -2.10. The summed E-state index contributed by atoms with van der Waals surface area (Å²) in [6.45, 7) is 1.21. The first kappa shape index (κ1) is 14.0. The SMILES string of the molecule is CC(=O)c1ccc(F)cc1C(=O)c1ccc(F)cc1F. The Morgan fingerprint density at radius 1 is 0.800 bits per heavy atom. The van der Waals surface area contributed by atoms with Crippen molar-refractivity contribution in [1.82, 2.24) is 0 Å². The van der Waals surface area contributed by atoms with Gasteiger partial charge in [-0.25, -0.2) is 13.2 Å². The Morgan fingerprint density at radius 3 is 1.90 bits per heavy atom. The van der Waals surface area contributed by atoms with Crippen molar-refractivity contribution < 1.29 is 22.8 Å². The smallest absolute Gasteiger partial charge is 0.196 e. The number of carbonyl (C=O) groups excluding carboxylic acids is 2. The molecule has 0 bridgehead atoms. The lowest BCUT2D eigenvalue weighted by Gasteiger charge is -2.07. The largest absolute Gasteiger partial charge is 0.294 e. The van der Waals surface area contributed by atoms with Gasteiger partial charge in [0.15, 0.2) is 11.6 Å². The average Bonchev–Trinajstić information content (AvgIpc) is 2.37. The first-order valence-electron chi connectivity index (χ1n) is 5.70. The summed E-state index contributed by atoms with van der Waals surface area (Å²) in [4.78, 5) is 23.6. The molecular weight excluding hydrogens is 269 g/mol. The molecule has 2 aromatic rings. The minimum Gasteiger partial charge on any atom is -0.294 e. The van der Waals surface area contributed by atoms with E-state index in [0.717, 1.165) is 30.3 Å². The standard InChI is InChI=1S/C15H9F3O2/c1-8(19)11-4-2-9(16)6-13(11)15(20)12-5-3-10(17)7-14(12)18/h2-7H,1H3. The van der Waals surface area contributed by atoms with Gasteiger partial charge in [-0.05, 0) is 37.3 Å². The summed E-state index contributed by atoms with van der Waals surface area (Å²) < 4.78 is 39.6. The molecule has 0 amide bonds. The van der Waals surface area contributed by atoms with Crippen LogP contribution in [0.15, 0.2) is 36.4 Å². The molecule has 0 radical (unpaired) electrons. The number of halogens is 3. The van der Waals surface area contributed by atoms with Crippen molar-refractivity contribution in [2.45, 2.75) is 6.92 Å². The number of hydrogen-bond acceptors (Lipinski definition) is 2. The van der Waals surface area contributed by atoms with Crippen LogP contribution in [0.1, 0.15) is 33.2 Å². The van der Waals surface area contributed by atoms with Gasteiger partial charge in [0.25, 0.3) is 0 Å². The number of ketones is 2. The molecule has 2 nitrogen and oxygen atoms in total. The Hall–Kier alpha value is -2.43. The van der Waals surface area contributed by atoms with Gasteiger partial charge in [-0.3, -0.25) is 9.59 Å². The van der Waals surface area contributed by atoms with Crippen LogP contribution in [0.25, 0.3) is 0 Å². The minimum atomic E-state index is -1.06. The van der Waals surface area contributed by atoms with Gasteiger partial charge in [0.2, 0.25) is 0 Å². The molecule has 2 aromatic carbocycles. The van der Waals surface area contributed by atoms with Crippen LogP contribution in [-0.2, 0) is 0 Å². The third-order valence-electron chi connectivity index (χ3n) is 2.78. The summed E-state index contributed by atoms with van der Waals surface area (Å²) in [5.41, 5.74) is -0.678. The average molecular weight is 278 g/mol. The van der Waals surface area contributed by atoms with E-state index in [1.165, 1.54) is 6.92 Å². The molecule has 0 aliphatic heterocycles. The summed E-state index contributed by atoms with van der Waals surface area (Å²) in [5, 5.41) is 0. The van der Waals surface area contributed by atoms with Gasteiger partial charge in [-0.2, -0.15) is 0 Å². The highest BCUT2D eigenvalue weighted by atomic mass is 19.1. The van der Waals surface area contributed by atoms with E-state index in [0.29, 0.717) is 6.07 Å². The predicted molar refractivity (Wildman–Crippen MR) is 66.2 cm³/mol. The normalized spacial score (nSPS) is 10.4. The van der Waals surface area contributed by atoms with Gasteiger partial charge < -0.3 is 0 Å². The highest BCUT2D eigenvalue weighted by Crippen LogP contribution is 2.19. The first-order valence-corrected chi connectivity index (χ1v) is 5.70. The van der Waals surface area contributed by atoms with Crippen molar-refractivity contribution in [3.8, 4) is 0 Å². The number of carbonyl (C=O) groups is 2. The van der Waals surface area contributed by atoms with E-state index in [1.54, 1.807) is 0 Å². The second-order valence-electron chi connectivity index (χ2n) is 4.20. The maximum absolute atomic E-state index is 13.6. The van der Waals surface area contributed by atoms with Crippen LogP contribution in [0.2, 0.25) is 0 Å². The summed E-state index contributed by atoms with van der Waals surface area (Å²) in [6, 6.07) is 5.49.